The first kappa shape index (κ1) is 18.6. The second-order valence-corrected chi connectivity index (χ2v) is 6.13. The van der Waals surface area contributed by atoms with E-state index in [2.05, 4.69) is 28.4 Å². The minimum Gasteiger partial charge on any atom is -0.399 e. The number of nitrogens with one attached hydrogen (secondary N) is 1. The van der Waals surface area contributed by atoms with Crippen LogP contribution in [0.15, 0.2) is 24.3 Å². The van der Waals surface area contributed by atoms with Crippen LogP contribution in [0.25, 0.3) is 0 Å². The first-order valence-electron chi connectivity index (χ1n) is 7.59. The number of rotatable bonds is 2. The van der Waals surface area contributed by atoms with Crippen molar-refractivity contribution in [2.75, 3.05) is 25.4 Å². The van der Waals surface area contributed by atoms with Gasteiger partial charge >= 0.3 is 0 Å². The molecule has 1 aliphatic carbocycles. The lowest BCUT2D eigenvalue weighted by Gasteiger charge is -2.50. The maximum atomic E-state index is 5.90. The van der Waals surface area contributed by atoms with E-state index >= 15 is 0 Å². The molecule has 1 spiro atoms. The Hall–Kier alpha value is -0.480. The average Bonchev–Trinajstić information content (AvgIpc) is 2.43. The molecule has 0 radical (unpaired) electrons. The zero-order valence-electron chi connectivity index (χ0n) is 12.5. The molecule has 2 aliphatic rings. The SMILES string of the molecule is Cl.Cl.Nc1cccc(CN2CCNCC23CCCCC3)c1. The number of hydrogen-bond donors (Lipinski definition) is 2. The third-order valence-corrected chi connectivity index (χ3v) is 4.79. The molecular weight excluding hydrogens is 305 g/mol. The zero-order chi connectivity index (χ0) is 13.1. The zero-order valence-corrected chi connectivity index (χ0v) is 14.1. The van der Waals surface area contributed by atoms with E-state index in [-0.39, 0.29) is 24.8 Å². The van der Waals surface area contributed by atoms with Gasteiger partial charge in [0.2, 0.25) is 0 Å². The molecule has 3 N–H and O–H groups in total. The Bertz CT molecular complexity index is 425. The van der Waals surface area contributed by atoms with Gasteiger partial charge in [-0.2, -0.15) is 0 Å². The average molecular weight is 332 g/mol. The van der Waals surface area contributed by atoms with E-state index in [1.165, 1.54) is 37.7 Å². The minimum absolute atomic E-state index is 0. The maximum Gasteiger partial charge on any atom is 0.0338 e. The van der Waals surface area contributed by atoms with Crippen LogP contribution in [0.4, 0.5) is 5.69 Å². The second kappa shape index (κ2) is 8.23. The van der Waals surface area contributed by atoms with Crippen LogP contribution in [0.2, 0.25) is 0 Å². The fraction of sp³-hybridized carbons (Fsp3) is 0.625. The Balaban J connectivity index is 0.00000110. The fourth-order valence-corrected chi connectivity index (χ4v) is 3.75. The third kappa shape index (κ3) is 4.26. The van der Waals surface area contributed by atoms with E-state index in [1.807, 2.05) is 6.07 Å². The topological polar surface area (TPSA) is 41.3 Å². The number of nitrogens with zero attached hydrogens (tertiary/aromatic N) is 1. The van der Waals surface area contributed by atoms with E-state index in [0.717, 1.165) is 31.9 Å². The summed E-state index contributed by atoms with van der Waals surface area (Å²) in [4.78, 5) is 2.71. The van der Waals surface area contributed by atoms with Crippen molar-refractivity contribution in [1.82, 2.24) is 10.2 Å². The van der Waals surface area contributed by atoms with Crippen molar-refractivity contribution in [3.63, 3.8) is 0 Å². The number of hydrogen-bond acceptors (Lipinski definition) is 3. The van der Waals surface area contributed by atoms with Crippen molar-refractivity contribution >= 4 is 30.5 Å². The summed E-state index contributed by atoms with van der Waals surface area (Å²) in [5, 5.41) is 3.61. The quantitative estimate of drug-likeness (QED) is 0.817. The van der Waals surface area contributed by atoms with Gasteiger partial charge in [0.15, 0.2) is 0 Å². The molecule has 1 aromatic rings. The van der Waals surface area contributed by atoms with Gasteiger partial charge in [0.1, 0.15) is 0 Å². The van der Waals surface area contributed by atoms with Crippen LogP contribution in [0.3, 0.4) is 0 Å². The van der Waals surface area contributed by atoms with Gasteiger partial charge in [0.05, 0.1) is 0 Å². The van der Waals surface area contributed by atoms with Crippen LogP contribution < -0.4 is 11.1 Å². The van der Waals surface area contributed by atoms with Crippen LogP contribution in [-0.4, -0.2) is 30.1 Å². The van der Waals surface area contributed by atoms with Gasteiger partial charge in [-0.1, -0.05) is 31.4 Å². The normalized spacial score (nSPS) is 21.3. The molecule has 2 fully saturated rings. The molecule has 0 atom stereocenters. The summed E-state index contributed by atoms with van der Waals surface area (Å²) in [6, 6.07) is 8.37. The lowest BCUT2D eigenvalue weighted by atomic mass is 9.79. The van der Waals surface area contributed by atoms with E-state index in [0.29, 0.717) is 5.54 Å². The highest BCUT2D eigenvalue weighted by atomic mass is 35.5. The molecule has 3 rings (SSSR count). The molecule has 21 heavy (non-hydrogen) atoms. The molecule has 3 nitrogen and oxygen atoms in total. The fourth-order valence-electron chi connectivity index (χ4n) is 3.75. The number of nitrogens with two attached hydrogens (primary N) is 1. The molecule has 120 valence electrons. The molecule has 1 aliphatic heterocycles. The van der Waals surface area contributed by atoms with Gasteiger partial charge in [0.25, 0.3) is 0 Å². The van der Waals surface area contributed by atoms with E-state index in [4.69, 9.17) is 5.73 Å². The van der Waals surface area contributed by atoms with Crippen LogP contribution in [0.5, 0.6) is 0 Å². The summed E-state index contributed by atoms with van der Waals surface area (Å²) < 4.78 is 0. The van der Waals surface area contributed by atoms with Crippen molar-refractivity contribution in [3.8, 4) is 0 Å². The number of benzene rings is 1. The van der Waals surface area contributed by atoms with Gasteiger partial charge in [0, 0.05) is 37.4 Å². The van der Waals surface area contributed by atoms with Gasteiger partial charge in [-0.05, 0) is 30.5 Å². The number of piperazine rings is 1. The Morgan fingerprint density at radius 2 is 1.90 bits per heavy atom. The summed E-state index contributed by atoms with van der Waals surface area (Å²) in [6.07, 6.45) is 6.88. The van der Waals surface area contributed by atoms with Crippen LogP contribution in [-0.2, 0) is 6.54 Å². The highest BCUT2D eigenvalue weighted by Gasteiger charge is 2.39. The molecule has 5 heteroatoms. The lowest BCUT2D eigenvalue weighted by Crippen LogP contribution is -2.61. The highest BCUT2D eigenvalue weighted by molar-refractivity contribution is 5.85. The van der Waals surface area contributed by atoms with Gasteiger partial charge < -0.3 is 11.1 Å². The van der Waals surface area contributed by atoms with E-state index in [9.17, 15) is 0 Å². The van der Waals surface area contributed by atoms with Crippen LogP contribution >= 0.6 is 24.8 Å². The van der Waals surface area contributed by atoms with Gasteiger partial charge in [-0.3, -0.25) is 4.90 Å². The molecule has 0 unspecified atom stereocenters. The van der Waals surface area contributed by atoms with Crippen molar-refractivity contribution in [2.24, 2.45) is 0 Å². The summed E-state index contributed by atoms with van der Waals surface area (Å²) >= 11 is 0. The van der Waals surface area contributed by atoms with Crippen LogP contribution in [0.1, 0.15) is 37.7 Å². The Kier molecular flexibility index (Phi) is 7.28. The smallest absolute Gasteiger partial charge is 0.0338 e. The second-order valence-electron chi connectivity index (χ2n) is 6.13. The molecule has 1 saturated heterocycles. The van der Waals surface area contributed by atoms with Gasteiger partial charge in [-0.25, -0.2) is 0 Å². The molecule has 1 saturated carbocycles. The lowest BCUT2D eigenvalue weighted by molar-refractivity contribution is 0.0209. The van der Waals surface area contributed by atoms with Crippen molar-refractivity contribution < 1.29 is 0 Å². The first-order valence-corrected chi connectivity index (χ1v) is 7.59. The molecule has 0 bridgehead atoms. The van der Waals surface area contributed by atoms with E-state index in [1.54, 1.807) is 0 Å². The monoisotopic (exact) mass is 331 g/mol. The Labute approximate surface area is 140 Å². The molecule has 1 aromatic carbocycles. The standard InChI is InChI=1S/C16H25N3.2ClH/c17-15-6-4-5-14(11-15)12-19-10-9-18-13-16(19)7-2-1-3-8-16;;/h4-6,11,18H,1-3,7-10,12-13,17H2;2*1H. The molecular formula is C16H27Cl2N3. The summed E-state index contributed by atoms with van der Waals surface area (Å²) in [6.45, 7) is 4.49. The number of nitrogen functional groups attached to an aromatic ring is 1. The minimum atomic E-state index is 0. The highest BCUT2D eigenvalue weighted by Crippen LogP contribution is 2.35. The Morgan fingerprint density at radius 3 is 2.62 bits per heavy atom. The van der Waals surface area contributed by atoms with E-state index < -0.39 is 0 Å². The summed E-state index contributed by atoms with van der Waals surface area (Å²) in [5.41, 5.74) is 8.54. The Morgan fingerprint density at radius 1 is 1.14 bits per heavy atom. The maximum absolute atomic E-state index is 5.90. The number of anilines is 1. The summed E-state index contributed by atoms with van der Waals surface area (Å²) in [5.74, 6) is 0. The summed E-state index contributed by atoms with van der Waals surface area (Å²) in [7, 11) is 0. The largest absolute Gasteiger partial charge is 0.399 e. The molecule has 1 heterocycles. The predicted molar refractivity (Wildman–Crippen MR) is 94.4 cm³/mol. The van der Waals surface area contributed by atoms with Crippen molar-refractivity contribution in [2.45, 2.75) is 44.2 Å². The van der Waals surface area contributed by atoms with Crippen LogP contribution in [0, 0.1) is 0 Å². The first-order chi connectivity index (χ1) is 9.28. The van der Waals surface area contributed by atoms with Gasteiger partial charge in [-0.15, -0.1) is 24.8 Å². The third-order valence-electron chi connectivity index (χ3n) is 4.79. The van der Waals surface area contributed by atoms with Crippen molar-refractivity contribution in [3.05, 3.63) is 29.8 Å². The molecule has 0 amide bonds. The molecule has 0 aromatic heterocycles. The van der Waals surface area contributed by atoms with Crippen molar-refractivity contribution in [1.29, 1.82) is 0 Å². The predicted octanol–water partition coefficient (Wildman–Crippen LogP) is 3.22. The number of halogens is 2.